The molecule has 3 rings (SSSR count). The lowest BCUT2D eigenvalue weighted by molar-refractivity contribution is -0.384. The zero-order valence-electron chi connectivity index (χ0n) is 15.5. The van der Waals surface area contributed by atoms with Crippen LogP contribution in [0.4, 0.5) is 10.5 Å². The molecule has 0 aliphatic carbocycles. The van der Waals surface area contributed by atoms with Gasteiger partial charge in [-0.05, 0) is 63.4 Å². The maximum absolute atomic E-state index is 12.3. The number of ether oxygens (including phenoxy) is 1. The van der Waals surface area contributed by atoms with Gasteiger partial charge >= 0.3 is 0 Å². The Morgan fingerprint density at radius 2 is 2.03 bits per heavy atom. The van der Waals surface area contributed by atoms with Crippen molar-refractivity contribution in [2.75, 3.05) is 6.54 Å². The van der Waals surface area contributed by atoms with E-state index in [1.807, 2.05) is 6.92 Å². The van der Waals surface area contributed by atoms with Gasteiger partial charge in [0.25, 0.3) is 16.8 Å². The van der Waals surface area contributed by atoms with Crippen molar-refractivity contribution in [2.45, 2.75) is 20.0 Å². The van der Waals surface area contributed by atoms with Gasteiger partial charge in [-0.15, -0.1) is 0 Å². The number of benzene rings is 2. The van der Waals surface area contributed by atoms with E-state index in [0.29, 0.717) is 33.7 Å². The van der Waals surface area contributed by atoms with Crippen LogP contribution in [0, 0.1) is 10.1 Å². The molecule has 1 aliphatic heterocycles. The average Bonchev–Trinajstić information content (AvgIpc) is 2.95. The second kappa shape index (κ2) is 9.23. The van der Waals surface area contributed by atoms with Crippen LogP contribution < -0.4 is 4.74 Å². The minimum absolute atomic E-state index is 0.0116. The molecule has 0 N–H and O–H groups in total. The van der Waals surface area contributed by atoms with Crippen molar-refractivity contribution in [3.05, 3.63) is 73.1 Å². The Kier molecular flexibility index (Phi) is 6.71. The van der Waals surface area contributed by atoms with E-state index in [0.717, 1.165) is 17.3 Å². The molecule has 9 heteroatoms. The molecule has 150 valence electrons. The van der Waals surface area contributed by atoms with Crippen molar-refractivity contribution < 1.29 is 19.2 Å². The van der Waals surface area contributed by atoms with Gasteiger partial charge in [0.05, 0.1) is 14.3 Å². The van der Waals surface area contributed by atoms with Gasteiger partial charge in [-0.3, -0.25) is 24.6 Å². The van der Waals surface area contributed by atoms with E-state index in [2.05, 4.69) is 15.9 Å². The van der Waals surface area contributed by atoms with Crippen LogP contribution in [0.5, 0.6) is 5.75 Å². The van der Waals surface area contributed by atoms with E-state index in [1.54, 1.807) is 36.4 Å². The molecule has 0 saturated carbocycles. The van der Waals surface area contributed by atoms with Gasteiger partial charge in [0.15, 0.2) is 0 Å². The van der Waals surface area contributed by atoms with E-state index in [9.17, 15) is 19.7 Å². The second-order valence-corrected chi connectivity index (χ2v) is 8.09. The van der Waals surface area contributed by atoms with Crippen LogP contribution in [0.1, 0.15) is 24.5 Å². The standard InChI is InChI=1S/C20H17BrN2O5S/c1-2-8-22-19(24)18(29-20(22)25)11-13-6-7-17(16(21)10-13)28-12-14-4-3-5-15(9-14)23(26)27/h3-7,9-11H,2,8,12H2,1H3. The Morgan fingerprint density at radius 3 is 2.72 bits per heavy atom. The van der Waals surface area contributed by atoms with Gasteiger partial charge in [-0.25, -0.2) is 0 Å². The fourth-order valence-electron chi connectivity index (χ4n) is 2.71. The van der Waals surface area contributed by atoms with Crippen LogP contribution in [0.15, 0.2) is 51.8 Å². The largest absolute Gasteiger partial charge is 0.488 e. The quantitative estimate of drug-likeness (QED) is 0.302. The lowest BCUT2D eigenvalue weighted by Gasteiger charge is -2.10. The van der Waals surface area contributed by atoms with Gasteiger partial charge in [-0.2, -0.15) is 0 Å². The number of hydrogen-bond donors (Lipinski definition) is 0. The first-order valence-corrected chi connectivity index (χ1v) is 10.4. The van der Waals surface area contributed by atoms with Crippen LogP contribution >= 0.6 is 27.7 Å². The molecular formula is C20H17BrN2O5S. The highest BCUT2D eigenvalue weighted by molar-refractivity contribution is 9.10. The van der Waals surface area contributed by atoms with Crippen molar-refractivity contribution in [3.8, 4) is 5.75 Å². The van der Waals surface area contributed by atoms with Gasteiger partial charge in [0.1, 0.15) is 12.4 Å². The Hall–Kier alpha value is -2.65. The fraction of sp³-hybridized carbons (Fsp3) is 0.200. The Labute approximate surface area is 180 Å². The highest BCUT2D eigenvalue weighted by atomic mass is 79.9. The monoisotopic (exact) mass is 476 g/mol. The summed E-state index contributed by atoms with van der Waals surface area (Å²) >= 11 is 4.37. The normalized spacial score (nSPS) is 15.2. The summed E-state index contributed by atoms with van der Waals surface area (Å²) in [4.78, 5) is 36.3. The first kappa shape index (κ1) is 21.1. The summed E-state index contributed by atoms with van der Waals surface area (Å²) in [5.74, 6) is 0.289. The zero-order valence-corrected chi connectivity index (χ0v) is 17.9. The van der Waals surface area contributed by atoms with Crippen molar-refractivity contribution in [1.29, 1.82) is 0 Å². The van der Waals surface area contributed by atoms with Crippen molar-refractivity contribution in [3.63, 3.8) is 0 Å². The number of nitro groups is 1. The van der Waals surface area contributed by atoms with Crippen molar-refractivity contribution in [1.82, 2.24) is 4.90 Å². The molecule has 0 atom stereocenters. The number of hydrogen-bond acceptors (Lipinski definition) is 6. The molecule has 1 heterocycles. The number of carbonyl (C=O) groups is 2. The highest BCUT2D eigenvalue weighted by Crippen LogP contribution is 2.34. The lowest BCUT2D eigenvalue weighted by Crippen LogP contribution is -2.28. The van der Waals surface area contributed by atoms with Crippen LogP contribution in [-0.2, 0) is 11.4 Å². The summed E-state index contributed by atoms with van der Waals surface area (Å²) in [6, 6.07) is 11.6. The van der Waals surface area contributed by atoms with Crippen LogP contribution in [0.3, 0.4) is 0 Å². The van der Waals surface area contributed by atoms with Crippen LogP contribution in [-0.4, -0.2) is 27.5 Å². The smallest absolute Gasteiger partial charge is 0.293 e. The SMILES string of the molecule is CCCN1C(=O)SC(=Cc2ccc(OCc3cccc([N+](=O)[O-])c3)c(Br)c2)C1=O. The summed E-state index contributed by atoms with van der Waals surface area (Å²) in [6.45, 7) is 2.50. The number of imide groups is 1. The van der Waals surface area contributed by atoms with E-state index >= 15 is 0 Å². The molecule has 1 aliphatic rings. The third-order valence-corrected chi connectivity index (χ3v) is 5.62. The summed E-state index contributed by atoms with van der Waals surface area (Å²) in [6.07, 6.45) is 2.39. The molecule has 2 aromatic rings. The molecule has 0 aromatic heterocycles. The average molecular weight is 477 g/mol. The molecular weight excluding hydrogens is 460 g/mol. The van der Waals surface area contributed by atoms with E-state index < -0.39 is 4.92 Å². The van der Waals surface area contributed by atoms with E-state index in [4.69, 9.17) is 4.74 Å². The van der Waals surface area contributed by atoms with Gasteiger partial charge < -0.3 is 4.74 Å². The topological polar surface area (TPSA) is 89.8 Å². The first-order chi connectivity index (χ1) is 13.9. The van der Waals surface area contributed by atoms with Crippen molar-refractivity contribution >= 4 is 50.6 Å². The second-order valence-electron chi connectivity index (χ2n) is 6.24. The van der Waals surface area contributed by atoms with Crippen LogP contribution in [0.2, 0.25) is 0 Å². The molecule has 1 saturated heterocycles. The maximum atomic E-state index is 12.3. The molecule has 0 unspecified atom stereocenters. The molecule has 2 amide bonds. The number of nitrogens with zero attached hydrogens (tertiary/aromatic N) is 2. The highest BCUT2D eigenvalue weighted by Gasteiger charge is 2.34. The number of amides is 2. The van der Waals surface area contributed by atoms with Gasteiger partial charge in [0, 0.05) is 18.7 Å². The molecule has 0 bridgehead atoms. The number of non-ortho nitro benzene ring substituents is 1. The van der Waals surface area contributed by atoms with Gasteiger partial charge in [0.2, 0.25) is 0 Å². The van der Waals surface area contributed by atoms with Gasteiger partial charge in [-0.1, -0.05) is 25.1 Å². The predicted octanol–water partition coefficient (Wildman–Crippen LogP) is 5.38. The number of halogens is 1. The minimum Gasteiger partial charge on any atom is -0.488 e. The third-order valence-electron chi connectivity index (χ3n) is 4.09. The van der Waals surface area contributed by atoms with Crippen molar-refractivity contribution in [2.24, 2.45) is 0 Å². The Balaban J connectivity index is 1.71. The van der Waals surface area contributed by atoms with Crippen LogP contribution in [0.25, 0.3) is 6.08 Å². The minimum atomic E-state index is -0.448. The summed E-state index contributed by atoms with van der Waals surface area (Å²) in [5.41, 5.74) is 1.44. The lowest BCUT2D eigenvalue weighted by atomic mass is 10.2. The fourth-order valence-corrected chi connectivity index (χ4v) is 4.09. The first-order valence-electron chi connectivity index (χ1n) is 8.80. The number of rotatable bonds is 7. The summed E-state index contributed by atoms with van der Waals surface area (Å²) in [7, 11) is 0. The molecule has 0 spiro atoms. The van der Waals surface area contributed by atoms with E-state index in [1.165, 1.54) is 17.0 Å². The molecule has 7 nitrogen and oxygen atoms in total. The summed E-state index contributed by atoms with van der Waals surface area (Å²) in [5, 5.41) is 10.6. The number of nitro benzene ring substituents is 1. The molecule has 0 radical (unpaired) electrons. The van der Waals surface area contributed by atoms with E-state index in [-0.39, 0.29) is 23.4 Å². The maximum Gasteiger partial charge on any atom is 0.293 e. The number of thioether (sulfide) groups is 1. The molecule has 29 heavy (non-hydrogen) atoms. The predicted molar refractivity (Wildman–Crippen MR) is 115 cm³/mol. The molecule has 2 aromatic carbocycles. The third kappa shape index (κ3) is 5.04. The Morgan fingerprint density at radius 1 is 1.24 bits per heavy atom. The summed E-state index contributed by atoms with van der Waals surface area (Å²) < 4.78 is 6.42. The Bertz CT molecular complexity index is 1010. The molecule has 1 fully saturated rings. The zero-order chi connectivity index (χ0) is 21.0. The number of carbonyl (C=O) groups excluding carboxylic acids is 2.